The standard InChI is InChI=1S/C29H29NO4/c1-4-32-27-19-22(10-15-26(27)33-17-16-21-8-6-5-7-9-21)18-25-29(31)34-28(30-25)24-13-11-23(12-14-24)20(2)3/h5-15,18-20H,4,16-17H2,1-3H3/b25-18-. The molecule has 1 heterocycles. The fourth-order valence-corrected chi connectivity index (χ4v) is 3.63. The average Bonchev–Trinajstić information content (AvgIpc) is 3.21. The van der Waals surface area contributed by atoms with E-state index in [1.807, 2.05) is 67.6 Å². The van der Waals surface area contributed by atoms with Gasteiger partial charge in [0.05, 0.1) is 13.2 Å². The lowest BCUT2D eigenvalue weighted by atomic mass is 10.0. The highest BCUT2D eigenvalue weighted by Crippen LogP contribution is 2.30. The van der Waals surface area contributed by atoms with Crippen LogP contribution in [-0.2, 0) is 16.0 Å². The first-order valence-electron chi connectivity index (χ1n) is 11.6. The quantitative estimate of drug-likeness (QED) is 0.286. The molecule has 0 amide bonds. The van der Waals surface area contributed by atoms with Gasteiger partial charge in [0.2, 0.25) is 5.90 Å². The third-order valence-electron chi connectivity index (χ3n) is 5.51. The van der Waals surface area contributed by atoms with Crippen molar-refractivity contribution in [3.63, 3.8) is 0 Å². The Morgan fingerprint density at radius 3 is 2.41 bits per heavy atom. The summed E-state index contributed by atoms with van der Waals surface area (Å²) in [4.78, 5) is 16.9. The normalized spacial score (nSPS) is 14.3. The molecular weight excluding hydrogens is 426 g/mol. The Bertz CT molecular complexity index is 1190. The summed E-state index contributed by atoms with van der Waals surface area (Å²) in [5.74, 6) is 1.58. The Hall–Kier alpha value is -3.86. The van der Waals surface area contributed by atoms with Crippen LogP contribution in [0.5, 0.6) is 11.5 Å². The lowest BCUT2D eigenvalue weighted by Crippen LogP contribution is -2.05. The van der Waals surface area contributed by atoms with Gasteiger partial charge in [-0.25, -0.2) is 9.79 Å². The Morgan fingerprint density at radius 1 is 0.941 bits per heavy atom. The number of hydrogen-bond donors (Lipinski definition) is 0. The molecule has 3 aromatic rings. The van der Waals surface area contributed by atoms with Crippen LogP contribution in [0, 0.1) is 0 Å². The van der Waals surface area contributed by atoms with Crippen molar-refractivity contribution in [2.75, 3.05) is 13.2 Å². The summed E-state index contributed by atoms with van der Waals surface area (Å²) in [6.45, 7) is 7.25. The van der Waals surface area contributed by atoms with Crippen molar-refractivity contribution in [1.82, 2.24) is 0 Å². The predicted molar refractivity (Wildman–Crippen MR) is 134 cm³/mol. The van der Waals surface area contributed by atoms with E-state index < -0.39 is 5.97 Å². The van der Waals surface area contributed by atoms with E-state index in [1.165, 1.54) is 11.1 Å². The van der Waals surface area contributed by atoms with E-state index in [2.05, 4.69) is 31.0 Å². The maximum atomic E-state index is 12.4. The van der Waals surface area contributed by atoms with Gasteiger partial charge in [0.25, 0.3) is 0 Å². The summed E-state index contributed by atoms with van der Waals surface area (Å²) in [7, 11) is 0. The molecule has 5 heteroatoms. The van der Waals surface area contributed by atoms with Crippen molar-refractivity contribution in [2.24, 2.45) is 4.99 Å². The summed E-state index contributed by atoms with van der Waals surface area (Å²) in [6.07, 6.45) is 2.51. The SMILES string of the molecule is CCOc1cc(/C=C2\N=C(c3ccc(C(C)C)cc3)OC2=O)ccc1OCCc1ccccc1. The van der Waals surface area contributed by atoms with Crippen LogP contribution in [0.3, 0.4) is 0 Å². The van der Waals surface area contributed by atoms with Gasteiger partial charge in [-0.05, 0) is 59.9 Å². The first kappa shape index (κ1) is 23.3. The minimum absolute atomic E-state index is 0.253. The van der Waals surface area contributed by atoms with Gasteiger partial charge in [-0.15, -0.1) is 0 Å². The second-order valence-corrected chi connectivity index (χ2v) is 8.34. The Balaban J connectivity index is 1.49. The van der Waals surface area contributed by atoms with Gasteiger partial charge in [-0.3, -0.25) is 0 Å². The molecule has 0 aliphatic carbocycles. The third-order valence-corrected chi connectivity index (χ3v) is 5.51. The molecule has 0 fully saturated rings. The minimum Gasteiger partial charge on any atom is -0.490 e. The van der Waals surface area contributed by atoms with Gasteiger partial charge >= 0.3 is 5.97 Å². The number of rotatable bonds is 9. The molecule has 0 spiro atoms. The second-order valence-electron chi connectivity index (χ2n) is 8.34. The maximum absolute atomic E-state index is 12.4. The number of aliphatic imine (C=N–C) groups is 1. The van der Waals surface area contributed by atoms with E-state index in [0.29, 0.717) is 36.5 Å². The van der Waals surface area contributed by atoms with Crippen molar-refractivity contribution < 1.29 is 19.0 Å². The molecule has 34 heavy (non-hydrogen) atoms. The Kier molecular flexibility index (Phi) is 7.43. The topological polar surface area (TPSA) is 57.1 Å². The van der Waals surface area contributed by atoms with Crippen molar-refractivity contribution in [3.8, 4) is 11.5 Å². The first-order chi connectivity index (χ1) is 16.5. The van der Waals surface area contributed by atoms with Crippen LogP contribution in [0.25, 0.3) is 6.08 Å². The van der Waals surface area contributed by atoms with Crippen LogP contribution >= 0.6 is 0 Å². The molecule has 5 nitrogen and oxygen atoms in total. The lowest BCUT2D eigenvalue weighted by molar-refractivity contribution is -0.129. The number of esters is 1. The van der Waals surface area contributed by atoms with Gasteiger partial charge < -0.3 is 14.2 Å². The Labute approximate surface area is 200 Å². The van der Waals surface area contributed by atoms with E-state index in [1.54, 1.807) is 6.08 Å². The highest BCUT2D eigenvalue weighted by atomic mass is 16.6. The molecule has 1 aliphatic heterocycles. The molecule has 174 valence electrons. The minimum atomic E-state index is -0.468. The first-order valence-corrected chi connectivity index (χ1v) is 11.6. The molecule has 0 aromatic heterocycles. The molecule has 0 atom stereocenters. The van der Waals surface area contributed by atoms with Crippen LogP contribution in [0.1, 0.15) is 48.9 Å². The summed E-state index contributed by atoms with van der Waals surface area (Å²) in [5.41, 5.74) is 4.25. The van der Waals surface area contributed by atoms with Crippen molar-refractivity contribution in [2.45, 2.75) is 33.1 Å². The van der Waals surface area contributed by atoms with E-state index in [0.717, 1.165) is 17.5 Å². The third kappa shape index (κ3) is 5.73. The monoisotopic (exact) mass is 455 g/mol. The highest BCUT2D eigenvalue weighted by molar-refractivity contribution is 6.12. The number of cyclic esters (lactones) is 1. The highest BCUT2D eigenvalue weighted by Gasteiger charge is 2.24. The van der Waals surface area contributed by atoms with E-state index in [4.69, 9.17) is 14.2 Å². The van der Waals surface area contributed by atoms with Crippen molar-refractivity contribution >= 4 is 17.9 Å². The number of carbonyl (C=O) groups is 1. The van der Waals surface area contributed by atoms with Gasteiger partial charge in [0.15, 0.2) is 17.2 Å². The maximum Gasteiger partial charge on any atom is 0.363 e. The zero-order valence-electron chi connectivity index (χ0n) is 19.8. The number of benzene rings is 3. The largest absolute Gasteiger partial charge is 0.490 e. The van der Waals surface area contributed by atoms with Crippen molar-refractivity contribution in [1.29, 1.82) is 0 Å². The molecule has 0 unspecified atom stereocenters. The molecule has 1 aliphatic rings. The molecule has 0 saturated heterocycles. The van der Waals surface area contributed by atoms with Crippen LogP contribution in [-0.4, -0.2) is 25.1 Å². The van der Waals surface area contributed by atoms with Crippen molar-refractivity contribution in [3.05, 3.63) is 101 Å². The summed E-state index contributed by atoms with van der Waals surface area (Å²) >= 11 is 0. The van der Waals surface area contributed by atoms with Gasteiger partial charge in [-0.2, -0.15) is 0 Å². The molecular formula is C29H29NO4. The smallest absolute Gasteiger partial charge is 0.363 e. The fourth-order valence-electron chi connectivity index (χ4n) is 3.63. The molecule has 0 bridgehead atoms. The van der Waals surface area contributed by atoms with Gasteiger partial charge in [0.1, 0.15) is 0 Å². The van der Waals surface area contributed by atoms with Gasteiger partial charge in [0, 0.05) is 12.0 Å². The van der Waals surface area contributed by atoms with Crippen LogP contribution in [0.4, 0.5) is 0 Å². The summed E-state index contributed by atoms with van der Waals surface area (Å²) in [6, 6.07) is 23.7. The average molecular weight is 456 g/mol. The van der Waals surface area contributed by atoms with E-state index in [9.17, 15) is 4.79 Å². The Morgan fingerprint density at radius 2 is 1.71 bits per heavy atom. The lowest BCUT2D eigenvalue weighted by Gasteiger charge is -2.12. The van der Waals surface area contributed by atoms with E-state index in [-0.39, 0.29) is 5.70 Å². The summed E-state index contributed by atoms with van der Waals surface area (Å²) in [5, 5.41) is 0. The fraction of sp³-hybridized carbons (Fsp3) is 0.241. The van der Waals surface area contributed by atoms with Crippen LogP contribution in [0.2, 0.25) is 0 Å². The van der Waals surface area contributed by atoms with Crippen LogP contribution < -0.4 is 9.47 Å². The molecule has 0 saturated carbocycles. The molecule has 3 aromatic carbocycles. The van der Waals surface area contributed by atoms with Gasteiger partial charge in [-0.1, -0.05) is 62.4 Å². The number of ether oxygens (including phenoxy) is 3. The zero-order valence-corrected chi connectivity index (χ0v) is 19.8. The van der Waals surface area contributed by atoms with Crippen LogP contribution in [0.15, 0.2) is 83.5 Å². The molecule has 4 rings (SSSR count). The summed E-state index contributed by atoms with van der Waals surface area (Å²) < 4.78 is 17.2. The molecule has 0 N–H and O–H groups in total. The second kappa shape index (κ2) is 10.8. The zero-order chi connectivity index (χ0) is 23.9. The number of hydrogen-bond acceptors (Lipinski definition) is 5. The molecule has 0 radical (unpaired) electrons. The number of carbonyl (C=O) groups excluding carboxylic acids is 1. The number of nitrogens with zero attached hydrogens (tertiary/aromatic N) is 1. The predicted octanol–water partition coefficient (Wildman–Crippen LogP) is 6.17. The van der Waals surface area contributed by atoms with E-state index >= 15 is 0 Å².